The van der Waals surface area contributed by atoms with Crippen LogP contribution in [0.25, 0.3) is 10.7 Å². The number of aromatic nitrogens is 3. The van der Waals surface area contributed by atoms with Gasteiger partial charge >= 0.3 is 0 Å². The summed E-state index contributed by atoms with van der Waals surface area (Å²) in [6.07, 6.45) is 7.51. The van der Waals surface area contributed by atoms with Crippen LogP contribution in [0.1, 0.15) is 41.0 Å². The molecule has 0 unspecified atom stereocenters. The minimum absolute atomic E-state index is 0.193. The standard InChI is InChI=1S/C27H36N8O2S/c28-21-13-23(33-25(24(21)29)35-11-6-19(17-36)7-12-35)26(37)31-14-18-4-9-34(10-5-18)16-20-15-32-27(38-20)22-3-1-2-8-30-22/h1-3,8,13,15,18-19,36H,4-7,9-12,14,16-17,29H2,(H2,28,33)(H,31,37). The number of nitrogens with two attached hydrogens (primary N) is 2. The third-order valence-corrected chi connectivity index (χ3v) is 8.56. The van der Waals surface area contributed by atoms with E-state index in [9.17, 15) is 9.90 Å². The fourth-order valence-electron chi connectivity index (χ4n) is 5.13. The van der Waals surface area contributed by atoms with Gasteiger partial charge in [0.05, 0.1) is 17.1 Å². The third kappa shape index (κ3) is 6.23. The van der Waals surface area contributed by atoms with Gasteiger partial charge in [0.1, 0.15) is 10.7 Å². The van der Waals surface area contributed by atoms with E-state index in [2.05, 4.69) is 30.1 Å². The van der Waals surface area contributed by atoms with Crippen molar-refractivity contribution in [1.29, 1.82) is 0 Å². The Morgan fingerprint density at radius 1 is 1.08 bits per heavy atom. The van der Waals surface area contributed by atoms with Gasteiger partial charge in [0.2, 0.25) is 0 Å². The van der Waals surface area contributed by atoms with Gasteiger partial charge < -0.3 is 26.8 Å². The molecule has 0 radical (unpaired) electrons. The average Bonchev–Trinajstić information content (AvgIpc) is 3.43. The van der Waals surface area contributed by atoms with Gasteiger partial charge in [-0.25, -0.2) is 9.97 Å². The Morgan fingerprint density at radius 2 is 1.84 bits per heavy atom. The van der Waals surface area contributed by atoms with Crippen LogP contribution in [0.4, 0.5) is 17.2 Å². The number of thiazole rings is 1. The molecule has 2 aliphatic rings. The molecule has 3 aromatic heterocycles. The van der Waals surface area contributed by atoms with E-state index in [1.807, 2.05) is 24.4 Å². The zero-order chi connectivity index (χ0) is 26.5. The molecule has 1 amide bonds. The number of amides is 1. The molecule has 11 heteroatoms. The molecular weight excluding hydrogens is 500 g/mol. The van der Waals surface area contributed by atoms with E-state index in [-0.39, 0.29) is 12.5 Å². The number of likely N-dealkylation sites (tertiary alicyclic amines) is 1. The SMILES string of the molecule is Nc1cc(C(=O)NCC2CCN(Cc3cnc(-c4ccccn4)s3)CC2)nc(N2CCC(CO)CC2)c1N. The van der Waals surface area contributed by atoms with Crippen LogP contribution in [0.15, 0.2) is 36.7 Å². The largest absolute Gasteiger partial charge is 0.397 e. The van der Waals surface area contributed by atoms with Crippen LogP contribution in [0.2, 0.25) is 0 Å². The molecule has 0 spiro atoms. The maximum atomic E-state index is 13.0. The van der Waals surface area contributed by atoms with Crippen molar-refractivity contribution in [2.24, 2.45) is 11.8 Å². The monoisotopic (exact) mass is 536 g/mol. The van der Waals surface area contributed by atoms with Gasteiger partial charge in [0, 0.05) is 50.1 Å². The number of hydrogen-bond donors (Lipinski definition) is 4. The summed E-state index contributed by atoms with van der Waals surface area (Å²) in [5.41, 5.74) is 14.3. The Labute approximate surface area is 227 Å². The maximum absolute atomic E-state index is 13.0. The van der Waals surface area contributed by atoms with E-state index in [0.717, 1.165) is 69.1 Å². The minimum atomic E-state index is -0.225. The van der Waals surface area contributed by atoms with Crippen LogP contribution in [0, 0.1) is 11.8 Å². The fourth-order valence-corrected chi connectivity index (χ4v) is 6.06. The van der Waals surface area contributed by atoms with Crippen molar-refractivity contribution in [2.45, 2.75) is 32.2 Å². The van der Waals surface area contributed by atoms with E-state index >= 15 is 0 Å². The van der Waals surface area contributed by atoms with E-state index < -0.39 is 0 Å². The minimum Gasteiger partial charge on any atom is -0.397 e. The molecule has 3 aromatic rings. The van der Waals surface area contributed by atoms with Crippen LogP contribution < -0.4 is 21.7 Å². The van der Waals surface area contributed by atoms with Crippen molar-refractivity contribution in [3.63, 3.8) is 0 Å². The molecule has 5 heterocycles. The molecule has 0 atom stereocenters. The van der Waals surface area contributed by atoms with E-state index in [1.165, 1.54) is 4.88 Å². The molecule has 6 N–H and O–H groups in total. The summed E-state index contributed by atoms with van der Waals surface area (Å²) >= 11 is 1.69. The van der Waals surface area contributed by atoms with Crippen molar-refractivity contribution < 1.29 is 9.90 Å². The van der Waals surface area contributed by atoms with Crippen LogP contribution in [0.3, 0.4) is 0 Å². The van der Waals surface area contributed by atoms with Gasteiger partial charge in [0.15, 0.2) is 5.82 Å². The number of rotatable bonds is 8. The number of aliphatic hydroxyl groups excluding tert-OH is 1. The van der Waals surface area contributed by atoms with Crippen LogP contribution >= 0.6 is 11.3 Å². The lowest BCUT2D eigenvalue weighted by molar-refractivity contribution is 0.0930. The lowest BCUT2D eigenvalue weighted by atomic mass is 9.96. The first kappa shape index (κ1) is 26.3. The fraction of sp³-hybridized carbons (Fsp3) is 0.481. The predicted octanol–water partition coefficient (Wildman–Crippen LogP) is 2.62. The quantitative estimate of drug-likeness (QED) is 0.341. The molecule has 38 heavy (non-hydrogen) atoms. The molecule has 202 valence electrons. The summed E-state index contributed by atoms with van der Waals surface area (Å²) in [5.74, 6) is 1.06. The Bertz CT molecular complexity index is 1220. The van der Waals surface area contributed by atoms with Crippen molar-refractivity contribution >= 4 is 34.4 Å². The second kappa shape index (κ2) is 12.1. The van der Waals surface area contributed by atoms with Gasteiger partial charge in [-0.15, -0.1) is 11.3 Å². The smallest absolute Gasteiger partial charge is 0.270 e. The summed E-state index contributed by atoms with van der Waals surface area (Å²) in [6.45, 7) is 5.13. The number of hydrogen-bond acceptors (Lipinski definition) is 10. The predicted molar refractivity (Wildman–Crippen MR) is 151 cm³/mol. The number of carbonyl (C=O) groups excluding carboxylic acids is 1. The Balaban J connectivity index is 1.10. The maximum Gasteiger partial charge on any atom is 0.270 e. The Hall–Kier alpha value is -3.28. The van der Waals surface area contributed by atoms with Crippen LogP contribution in [0.5, 0.6) is 0 Å². The number of anilines is 3. The second-order valence-corrected chi connectivity index (χ2v) is 11.3. The lowest BCUT2D eigenvalue weighted by Crippen LogP contribution is -2.39. The summed E-state index contributed by atoms with van der Waals surface area (Å²) in [6, 6.07) is 7.43. The molecule has 0 aromatic carbocycles. The van der Waals surface area contributed by atoms with E-state index in [1.54, 1.807) is 23.6 Å². The highest BCUT2D eigenvalue weighted by molar-refractivity contribution is 7.14. The van der Waals surface area contributed by atoms with Crippen molar-refractivity contribution in [2.75, 3.05) is 55.7 Å². The van der Waals surface area contributed by atoms with Gasteiger partial charge in [0.25, 0.3) is 5.91 Å². The highest BCUT2D eigenvalue weighted by Gasteiger charge is 2.25. The molecule has 0 bridgehead atoms. The van der Waals surface area contributed by atoms with Crippen molar-refractivity contribution in [1.82, 2.24) is 25.2 Å². The van der Waals surface area contributed by atoms with Crippen LogP contribution in [-0.4, -0.2) is 70.2 Å². The first-order valence-electron chi connectivity index (χ1n) is 13.3. The van der Waals surface area contributed by atoms with Crippen molar-refractivity contribution in [3.8, 4) is 10.7 Å². The summed E-state index contributed by atoms with van der Waals surface area (Å²) in [4.78, 5) is 32.2. The van der Waals surface area contributed by atoms with E-state index in [0.29, 0.717) is 41.3 Å². The van der Waals surface area contributed by atoms with Crippen LogP contribution in [-0.2, 0) is 6.54 Å². The van der Waals surface area contributed by atoms with E-state index in [4.69, 9.17) is 11.5 Å². The third-order valence-electron chi connectivity index (χ3n) is 7.55. The first-order valence-corrected chi connectivity index (χ1v) is 14.1. The van der Waals surface area contributed by atoms with Gasteiger partial charge in [-0.2, -0.15) is 0 Å². The average molecular weight is 537 g/mol. The Kier molecular flexibility index (Phi) is 8.35. The number of aliphatic hydroxyl groups is 1. The number of nitrogens with zero attached hydrogens (tertiary/aromatic N) is 5. The number of nitrogen functional groups attached to an aromatic ring is 2. The number of nitrogens with one attached hydrogen (secondary N) is 1. The topological polar surface area (TPSA) is 147 Å². The molecular formula is C27H36N8O2S. The highest BCUT2D eigenvalue weighted by atomic mass is 32.1. The molecule has 0 aliphatic carbocycles. The molecule has 2 aliphatic heterocycles. The highest BCUT2D eigenvalue weighted by Crippen LogP contribution is 2.31. The lowest BCUT2D eigenvalue weighted by Gasteiger charge is -2.33. The van der Waals surface area contributed by atoms with Gasteiger partial charge in [-0.05, 0) is 68.8 Å². The van der Waals surface area contributed by atoms with Crippen molar-refractivity contribution in [3.05, 3.63) is 47.2 Å². The number of piperidine rings is 2. The molecule has 5 rings (SSSR count). The normalized spacial score (nSPS) is 17.6. The summed E-state index contributed by atoms with van der Waals surface area (Å²) in [5, 5.41) is 13.4. The molecule has 2 saturated heterocycles. The first-order chi connectivity index (χ1) is 18.5. The Morgan fingerprint density at radius 3 is 2.55 bits per heavy atom. The van der Waals surface area contributed by atoms with Gasteiger partial charge in [-0.1, -0.05) is 6.07 Å². The summed E-state index contributed by atoms with van der Waals surface area (Å²) in [7, 11) is 0. The van der Waals surface area contributed by atoms with Gasteiger partial charge in [-0.3, -0.25) is 14.7 Å². The number of pyridine rings is 2. The second-order valence-electron chi connectivity index (χ2n) is 10.2. The zero-order valence-corrected chi connectivity index (χ0v) is 22.4. The molecule has 10 nitrogen and oxygen atoms in total. The zero-order valence-electron chi connectivity index (χ0n) is 21.6. The number of carbonyl (C=O) groups is 1. The molecule has 2 fully saturated rings. The molecule has 0 saturated carbocycles. The summed E-state index contributed by atoms with van der Waals surface area (Å²) < 4.78 is 0.